The molecular weight excluding hydrogens is 510 g/mol. The number of carbonyl (C=O) groups excluding carboxylic acids is 1. The van der Waals surface area contributed by atoms with E-state index in [4.69, 9.17) is 33.4 Å². The van der Waals surface area contributed by atoms with Gasteiger partial charge in [-0.05, 0) is 29.8 Å². The molecule has 1 atom stereocenters. The summed E-state index contributed by atoms with van der Waals surface area (Å²) >= 11 is 0. The zero-order valence-corrected chi connectivity index (χ0v) is 23.5. The molecule has 0 aromatic heterocycles. The van der Waals surface area contributed by atoms with Crippen LogP contribution >= 0.6 is 0 Å². The monoisotopic (exact) mass is 543 g/mol. The van der Waals surface area contributed by atoms with Gasteiger partial charge >= 0.3 is 0 Å². The molecule has 1 unspecified atom stereocenters. The Hall–Kier alpha value is -4.72. The lowest BCUT2D eigenvalue weighted by Gasteiger charge is -2.20. The maximum absolute atomic E-state index is 14.0. The van der Waals surface area contributed by atoms with E-state index < -0.39 is 5.92 Å². The molecule has 3 aromatic rings. The van der Waals surface area contributed by atoms with Crippen molar-refractivity contribution in [1.29, 1.82) is 0 Å². The topological polar surface area (TPSA) is 84.8 Å². The summed E-state index contributed by atoms with van der Waals surface area (Å²) in [6.45, 7) is 0.419. The fraction of sp³-hybridized carbons (Fsp3) is 0.250. The molecule has 0 fully saturated rings. The highest BCUT2D eigenvalue weighted by Gasteiger charge is 2.30. The minimum absolute atomic E-state index is 0.186. The summed E-state index contributed by atoms with van der Waals surface area (Å²) in [5, 5.41) is 0. The number of allylic oxidation sites excluding steroid dienone is 4. The van der Waals surface area contributed by atoms with Crippen molar-refractivity contribution in [1.82, 2.24) is 0 Å². The van der Waals surface area contributed by atoms with Crippen molar-refractivity contribution in [3.05, 3.63) is 95.1 Å². The summed E-state index contributed by atoms with van der Waals surface area (Å²) in [6, 6.07) is 16.9. The van der Waals surface area contributed by atoms with Gasteiger partial charge in [-0.3, -0.25) is 9.79 Å². The quantitative estimate of drug-likeness (QED) is 0.213. The number of ether oxygens (including phenoxy) is 6. The van der Waals surface area contributed by atoms with Crippen LogP contribution in [0.25, 0.3) is 0 Å². The van der Waals surface area contributed by atoms with E-state index in [1.165, 1.54) is 21.3 Å². The van der Waals surface area contributed by atoms with Gasteiger partial charge in [0.2, 0.25) is 11.5 Å². The number of Topliss-reactive ketones (excluding diaryl/α,β-unsaturated/α-hetero) is 1. The molecule has 0 amide bonds. The second-order valence-electron chi connectivity index (χ2n) is 8.83. The van der Waals surface area contributed by atoms with Crippen LogP contribution in [0.1, 0.15) is 21.5 Å². The molecule has 1 aliphatic carbocycles. The number of aliphatic imine (C=N–C) groups is 1. The molecule has 0 saturated carbocycles. The molecule has 3 aromatic carbocycles. The van der Waals surface area contributed by atoms with Crippen molar-refractivity contribution in [3.63, 3.8) is 0 Å². The van der Waals surface area contributed by atoms with Gasteiger partial charge in [0.15, 0.2) is 28.8 Å². The lowest BCUT2D eigenvalue weighted by Crippen LogP contribution is -2.21. The molecule has 0 heterocycles. The van der Waals surface area contributed by atoms with E-state index in [1.54, 1.807) is 33.5 Å². The Morgan fingerprint density at radius 1 is 0.700 bits per heavy atom. The summed E-state index contributed by atoms with van der Waals surface area (Å²) < 4.78 is 33.1. The van der Waals surface area contributed by atoms with Gasteiger partial charge in [-0.15, -0.1) is 0 Å². The van der Waals surface area contributed by atoms with Crippen LogP contribution in [0, 0.1) is 5.92 Å². The summed E-state index contributed by atoms with van der Waals surface area (Å²) in [5.41, 5.74) is 3.42. The average molecular weight is 544 g/mol. The van der Waals surface area contributed by atoms with Crippen LogP contribution in [0.3, 0.4) is 0 Å². The lowest BCUT2D eigenvalue weighted by atomic mass is 9.87. The number of hydrogen-bond acceptors (Lipinski definition) is 8. The van der Waals surface area contributed by atoms with Crippen LogP contribution in [0.4, 0.5) is 0 Å². The van der Waals surface area contributed by atoms with Gasteiger partial charge in [0.1, 0.15) is 0 Å². The molecule has 1 aliphatic rings. The van der Waals surface area contributed by atoms with Gasteiger partial charge < -0.3 is 28.4 Å². The first kappa shape index (κ1) is 28.3. The van der Waals surface area contributed by atoms with Crippen molar-refractivity contribution in [2.75, 3.05) is 42.7 Å². The average Bonchev–Trinajstić information content (AvgIpc) is 3.49. The van der Waals surface area contributed by atoms with Gasteiger partial charge in [0.05, 0.1) is 54.9 Å². The third kappa shape index (κ3) is 5.66. The molecular formula is C32H33NO7. The number of rotatable bonds is 12. The summed E-state index contributed by atoms with van der Waals surface area (Å²) in [4.78, 5) is 19.0. The number of hydrogen-bond donors (Lipinski definition) is 0. The van der Waals surface area contributed by atoms with Crippen LogP contribution in [-0.2, 0) is 6.54 Å². The van der Waals surface area contributed by atoms with Gasteiger partial charge in [-0.25, -0.2) is 0 Å². The van der Waals surface area contributed by atoms with Crippen LogP contribution < -0.4 is 28.4 Å². The highest BCUT2D eigenvalue weighted by molar-refractivity contribution is 6.17. The van der Waals surface area contributed by atoms with E-state index in [2.05, 4.69) is 0 Å². The van der Waals surface area contributed by atoms with Crippen LogP contribution in [0.15, 0.2) is 83.4 Å². The Labute approximate surface area is 234 Å². The van der Waals surface area contributed by atoms with Crippen molar-refractivity contribution < 1.29 is 33.2 Å². The van der Waals surface area contributed by atoms with Gasteiger partial charge in [0.25, 0.3) is 0 Å². The zero-order chi connectivity index (χ0) is 28.6. The second kappa shape index (κ2) is 12.9. The van der Waals surface area contributed by atoms with Gasteiger partial charge in [-0.1, -0.05) is 48.6 Å². The number of ketones is 1. The zero-order valence-electron chi connectivity index (χ0n) is 23.5. The minimum atomic E-state index is -0.432. The summed E-state index contributed by atoms with van der Waals surface area (Å²) in [6.07, 6.45) is 5.64. The number of benzene rings is 3. The maximum atomic E-state index is 14.0. The van der Waals surface area contributed by atoms with Gasteiger partial charge in [0, 0.05) is 22.6 Å². The molecule has 0 saturated heterocycles. The molecule has 208 valence electrons. The van der Waals surface area contributed by atoms with Crippen molar-refractivity contribution in [2.24, 2.45) is 10.9 Å². The number of methoxy groups -OCH3 is 6. The van der Waals surface area contributed by atoms with E-state index in [0.717, 1.165) is 11.1 Å². The SMILES string of the molecule is COc1cc(C(=O)C2=CC=CC2C(=NCc2ccccc2)c2cc(OC)c(OC)c(OC)c2)cc(OC)c1OC. The van der Waals surface area contributed by atoms with E-state index in [-0.39, 0.29) is 5.78 Å². The Bertz CT molecular complexity index is 1410. The molecule has 0 aliphatic heterocycles. The number of nitrogens with zero attached hydrogens (tertiary/aromatic N) is 1. The van der Waals surface area contributed by atoms with E-state index in [0.29, 0.717) is 57.9 Å². The summed E-state index contributed by atoms with van der Waals surface area (Å²) in [7, 11) is 9.25. The minimum Gasteiger partial charge on any atom is -0.493 e. The smallest absolute Gasteiger partial charge is 0.203 e. The largest absolute Gasteiger partial charge is 0.493 e. The van der Waals surface area contributed by atoms with Crippen LogP contribution in [-0.4, -0.2) is 54.2 Å². The third-order valence-electron chi connectivity index (χ3n) is 6.63. The molecule has 0 radical (unpaired) electrons. The van der Waals surface area contributed by atoms with Crippen LogP contribution in [0.5, 0.6) is 34.5 Å². The first-order valence-electron chi connectivity index (χ1n) is 12.6. The lowest BCUT2D eigenvalue weighted by molar-refractivity contribution is 0.102. The standard InChI is InChI=1S/C32H33NO7/c1-35-25-15-21(16-26(36-2)31(25)39-5)29(33-19-20-11-8-7-9-12-20)23-13-10-14-24(23)30(34)22-17-27(37-3)32(40-6)28(18-22)38-4/h7-18,23H,19H2,1-6H3. The fourth-order valence-corrected chi connectivity index (χ4v) is 4.67. The number of carbonyl (C=O) groups is 1. The maximum Gasteiger partial charge on any atom is 0.203 e. The molecule has 0 bridgehead atoms. The molecule has 4 rings (SSSR count). The van der Waals surface area contributed by atoms with Gasteiger partial charge in [-0.2, -0.15) is 0 Å². The molecule has 0 N–H and O–H groups in total. The van der Waals surface area contributed by atoms with Crippen molar-refractivity contribution in [2.45, 2.75) is 6.54 Å². The Morgan fingerprint density at radius 3 is 1.68 bits per heavy atom. The molecule has 8 heteroatoms. The predicted octanol–water partition coefficient (Wildman–Crippen LogP) is 5.72. The second-order valence-corrected chi connectivity index (χ2v) is 8.83. The van der Waals surface area contributed by atoms with Crippen LogP contribution in [0.2, 0.25) is 0 Å². The molecule has 40 heavy (non-hydrogen) atoms. The fourth-order valence-electron chi connectivity index (χ4n) is 4.67. The normalized spacial score (nSPS) is 14.4. The molecule has 8 nitrogen and oxygen atoms in total. The van der Waals surface area contributed by atoms with Crippen molar-refractivity contribution in [3.8, 4) is 34.5 Å². The Balaban J connectivity index is 1.81. The van der Waals surface area contributed by atoms with E-state index >= 15 is 0 Å². The summed E-state index contributed by atoms with van der Waals surface area (Å²) in [5.74, 6) is 2.06. The predicted molar refractivity (Wildman–Crippen MR) is 154 cm³/mol. The Morgan fingerprint density at radius 2 is 1.20 bits per heavy atom. The van der Waals surface area contributed by atoms with Crippen molar-refractivity contribution >= 4 is 11.5 Å². The Kier molecular flexibility index (Phi) is 9.11. The first-order chi connectivity index (χ1) is 19.5. The first-order valence-corrected chi connectivity index (χ1v) is 12.6. The highest BCUT2D eigenvalue weighted by atomic mass is 16.5. The molecule has 0 spiro atoms. The van der Waals surface area contributed by atoms with E-state index in [9.17, 15) is 4.79 Å². The third-order valence-corrected chi connectivity index (χ3v) is 6.63. The van der Waals surface area contributed by atoms with E-state index in [1.807, 2.05) is 60.7 Å². The highest BCUT2D eigenvalue weighted by Crippen LogP contribution is 2.42.